The van der Waals surface area contributed by atoms with E-state index in [0.717, 1.165) is 30.8 Å². The third kappa shape index (κ3) is 3.26. The molecule has 1 heterocycles. The second kappa shape index (κ2) is 6.71. The Morgan fingerprint density at radius 3 is 2.50 bits per heavy atom. The summed E-state index contributed by atoms with van der Waals surface area (Å²) in [7, 11) is -3.21. The third-order valence-corrected chi connectivity index (χ3v) is 6.82. The molecule has 2 aliphatic rings. The first kappa shape index (κ1) is 17.6. The molecular weight excluding hydrogens is 346 g/mol. The fraction of sp³-hybridized carbons (Fsp3) is 0.429. The highest BCUT2D eigenvalue weighted by Gasteiger charge is 2.38. The van der Waals surface area contributed by atoms with Gasteiger partial charge < -0.3 is 4.74 Å². The minimum atomic E-state index is -3.21. The largest absolute Gasteiger partial charge is 0.484 e. The van der Waals surface area contributed by atoms with Crippen LogP contribution in [0.5, 0.6) is 5.75 Å². The van der Waals surface area contributed by atoms with Crippen molar-refractivity contribution in [2.24, 2.45) is 0 Å². The number of fused-ring (bicyclic) bond motifs is 1. The standard InChI is InChI=1S/C21H25NO3S/c1-15-13-17(9-10-20(15)26(2,23)24)25-21-18-8-4-3-7-16(18)14-19(21)22-11-5-6-12-22/h3-4,7-10,13,19,21H,5-6,11-12,14H2,1-2H3/t19-,21-/m0/s1. The van der Waals surface area contributed by atoms with E-state index in [4.69, 9.17) is 4.74 Å². The van der Waals surface area contributed by atoms with Crippen LogP contribution in [0.25, 0.3) is 0 Å². The van der Waals surface area contributed by atoms with Crippen LogP contribution in [0, 0.1) is 6.92 Å². The van der Waals surface area contributed by atoms with Gasteiger partial charge in [0.2, 0.25) is 0 Å². The van der Waals surface area contributed by atoms with Gasteiger partial charge in [0, 0.05) is 6.26 Å². The molecule has 0 radical (unpaired) electrons. The van der Waals surface area contributed by atoms with E-state index in [0.29, 0.717) is 10.9 Å². The Morgan fingerprint density at radius 1 is 1.08 bits per heavy atom. The molecule has 0 N–H and O–H groups in total. The summed E-state index contributed by atoms with van der Waals surface area (Å²) in [5.41, 5.74) is 3.35. The van der Waals surface area contributed by atoms with Gasteiger partial charge in [-0.2, -0.15) is 0 Å². The van der Waals surface area contributed by atoms with E-state index < -0.39 is 9.84 Å². The first-order chi connectivity index (χ1) is 12.4. The van der Waals surface area contributed by atoms with Gasteiger partial charge in [-0.15, -0.1) is 0 Å². The van der Waals surface area contributed by atoms with Crippen molar-refractivity contribution < 1.29 is 13.2 Å². The molecule has 4 rings (SSSR count). The maximum atomic E-state index is 11.9. The van der Waals surface area contributed by atoms with E-state index >= 15 is 0 Å². The second-order valence-electron chi connectivity index (χ2n) is 7.45. The average Bonchev–Trinajstić information content (AvgIpc) is 3.22. The zero-order valence-corrected chi connectivity index (χ0v) is 16.1. The van der Waals surface area contributed by atoms with Crippen LogP contribution in [-0.2, 0) is 16.3 Å². The molecule has 26 heavy (non-hydrogen) atoms. The molecule has 0 unspecified atom stereocenters. The number of sulfone groups is 1. The Labute approximate surface area is 155 Å². The SMILES string of the molecule is Cc1cc(O[C@H]2c3ccccc3C[C@@H]2N2CCCC2)ccc1S(C)(=O)=O. The lowest BCUT2D eigenvalue weighted by molar-refractivity contribution is 0.0940. The van der Waals surface area contributed by atoms with Crippen molar-refractivity contribution in [2.75, 3.05) is 19.3 Å². The van der Waals surface area contributed by atoms with Crippen LogP contribution in [0.3, 0.4) is 0 Å². The summed E-state index contributed by atoms with van der Waals surface area (Å²) >= 11 is 0. The highest BCUT2D eigenvalue weighted by Crippen LogP contribution is 2.39. The van der Waals surface area contributed by atoms with Crippen LogP contribution in [0.1, 0.15) is 35.6 Å². The Balaban J connectivity index is 1.65. The number of hydrogen-bond donors (Lipinski definition) is 0. The molecule has 1 aliphatic carbocycles. The van der Waals surface area contributed by atoms with Crippen molar-refractivity contribution in [1.29, 1.82) is 0 Å². The number of hydrogen-bond acceptors (Lipinski definition) is 4. The number of aryl methyl sites for hydroxylation is 1. The average molecular weight is 372 g/mol. The van der Waals surface area contributed by atoms with Gasteiger partial charge in [0.05, 0.1) is 10.9 Å². The van der Waals surface area contributed by atoms with Crippen LogP contribution in [0.15, 0.2) is 47.4 Å². The van der Waals surface area contributed by atoms with Gasteiger partial charge in [0.25, 0.3) is 0 Å². The molecule has 0 saturated carbocycles. The molecule has 0 bridgehead atoms. The number of ether oxygens (including phenoxy) is 1. The molecule has 2 aromatic rings. The molecule has 0 aromatic heterocycles. The summed E-state index contributed by atoms with van der Waals surface area (Å²) in [5, 5.41) is 0. The van der Waals surface area contributed by atoms with Gasteiger partial charge >= 0.3 is 0 Å². The first-order valence-corrected chi connectivity index (χ1v) is 11.1. The minimum Gasteiger partial charge on any atom is -0.484 e. The molecule has 5 heteroatoms. The van der Waals surface area contributed by atoms with Crippen molar-refractivity contribution in [3.8, 4) is 5.75 Å². The molecule has 1 fully saturated rings. The monoisotopic (exact) mass is 371 g/mol. The molecule has 2 aromatic carbocycles. The van der Waals surface area contributed by atoms with Crippen LogP contribution in [0.2, 0.25) is 0 Å². The Hall–Kier alpha value is -1.85. The molecule has 138 valence electrons. The quantitative estimate of drug-likeness (QED) is 0.825. The van der Waals surface area contributed by atoms with Crippen LogP contribution in [0.4, 0.5) is 0 Å². The predicted molar refractivity (Wildman–Crippen MR) is 102 cm³/mol. The maximum absolute atomic E-state index is 11.9. The summed E-state index contributed by atoms with van der Waals surface area (Å²) < 4.78 is 30.1. The molecule has 0 spiro atoms. The summed E-state index contributed by atoms with van der Waals surface area (Å²) in [4.78, 5) is 2.91. The highest BCUT2D eigenvalue weighted by molar-refractivity contribution is 7.90. The lowest BCUT2D eigenvalue weighted by atomic mass is 10.1. The van der Waals surface area contributed by atoms with E-state index in [-0.39, 0.29) is 6.10 Å². The van der Waals surface area contributed by atoms with E-state index in [2.05, 4.69) is 29.2 Å². The summed E-state index contributed by atoms with van der Waals surface area (Å²) in [5.74, 6) is 0.737. The maximum Gasteiger partial charge on any atom is 0.175 e. The third-order valence-electron chi connectivity index (χ3n) is 5.56. The van der Waals surface area contributed by atoms with Gasteiger partial charge in [0.15, 0.2) is 9.84 Å². The Bertz CT molecular complexity index is 917. The Kier molecular flexibility index (Phi) is 4.53. The molecule has 1 saturated heterocycles. The van der Waals surface area contributed by atoms with Crippen molar-refractivity contribution in [3.05, 3.63) is 59.2 Å². The van der Waals surface area contributed by atoms with Gasteiger partial charge in [-0.1, -0.05) is 24.3 Å². The van der Waals surface area contributed by atoms with Gasteiger partial charge in [-0.3, -0.25) is 4.90 Å². The molecule has 0 amide bonds. The van der Waals surface area contributed by atoms with E-state index in [9.17, 15) is 8.42 Å². The Morgan fingerprint density at radius 2 is 1.81 bits per heavy atom. The van der Waals surface area contributed by atoms with Crippen LogP contribution in [-0.4, -0.2) is 38.7 Å². The van der Waals surface area contributed by atoms with Crippen LogP contribution >= 0.6 is 0 Å². The van der Waals surface area contributed by atoms with Crippen molar-refractivity contribution in [1.82, 2.24) is 4.90 Å². The summed E-state index contributed by atoms with van der Waals surface area (Å²) in [6.45, 7) is 4.08. The van der Waals surface area contributed by atoms with Crippen LogP contribution < -0.4 is 4.74 Å². The second-order valence-corrected chi connectivity index (χ2v) is 9.44. The van der Waals surface area contributed by atoms with E-state index in [1.54, 1.807) is 12.1 Å². The predicted octanol–water partition coefficient (Wildman–Crippen LogP) is 3.54. The smallest absolute Gasteiger partial charge is 0.175 e. The lowest BCUT2D eigenvalue weighted by Gasteiger charge is -2.30. The fourth-order valence-corrected chi connectivity index (χ4v) is 5.29. The highest BCUT2D eigenvalue weighted by atomic mass is 32.2. The normalized spacial score (nSPS) is 23.2. The molecular formula is C21H25NO3S. The van der Waals surface area contributed by atoms with Gasteiger partial charge in [0.1, 0.15) is 11.9 Å². The van der Waals surface area contributed by atoms with Crippen molar-refractivity contribution >= 4 is 9.84 Å². The van der Waals surface area contributed by atoms with Crippen molar-refractivity contribution in [3.63, 3.8) is 0 Å². The number of benzene rings is 2. The van der Waals surface area contributed by atoms with E-state index in [1.807, 2.05) is 13.0 Å². The number of rotatable bonds is 4. The van der Waals surface area contributed by atoms with E-state index in [1.165, 1.54) is 30.2 Å². The van der Waals surface area contributed by atoms with Gasteiger partial charge in [-0.25, -0.2) is 8.42 Å². The topological polar surface area (TPSA) is 46.6 Å². The lowest BCUT2D eigenvalue weighted by Crippen LogP contribution is -2.38. The molecule has 2 atom stereocenters. The molecule has 1 aliphatic heterocycles. The zero-order valence-electron chi connectivity index (χ0n) is 15.3. The number of likely N-dealkylation sites (tertiary alicyclic amines) is 1. The van der Waals surface area contributed by atoms with Crippen molar-refractivity contribution in [2.45, 2.75) is 43.2 Å². The fourth-order valence-electron chi connectivity index (χ4n) is 4.33. The summed E-state index contributed by atoms with van der Waals surface area (Å²) in [6, 6.07) is 14.2. The van der Waals surface area contributed by atoms with Gasteiger partial charge in [-0.05, 0) is 74.2 Å². The number of nitrogens with zero attached hydrogens (tertiary/aromatic N) is 1. The zero-order chi connectivity index (χ0) is 18.3. The molecule has 4 nitrogen and oxygen atoms in total. The first-order valence-electron chi connectivity index (χ1n) is 9.23. The summed E-state index contributed by atoms with van der Waals surface area (Å²) in [6.07, 6.45) is 4.75. The minimum absolute atomic E-state index is 0.00668.